The number of aromatic nitrogens is 2. The molecule has 1 fully saturated rings. The van der Waals surface area contributed by atoms with Crippen LogP contribution in [0.15, 0.2) is 24.3 Å². The van der Waals surface area contributed by atoms with Crippen LogP contribution < -0.4 is 0 Å². The predicted octanol–water partition coefficient (Wildman–Crippen LogP) is 1.97. The lowest BCUT2D eigenvalue weighted by Crippen LogP contribution is -2.17. The number of para-hydroxylation sites is 2. The molecule has 1 heterocycles. The van der Waals surface area contributed by atoms with Crippen LogP contribution >= 0.6 is 0 Å². The molecule has 0 spiro atoms. The molecule has 4 rings (SSSR count). The van der Waals surface area contributed by atoms with E-state index in [4.69, 9.17) is 4.98 Å². The van der Waals surface area contributed by atoms with Crippen molar-refractivity contribution in [1.82, 2.24) is 9.97 Å². The molecule has 80 valence electrons. The monoisotopic (exact) mass is 212 g/mol. The van der Waals surface area contributed by atoms with Gasteiger partial charge in [-0.05, 0) is 25.0 Å². The first-order valence-electron chi connectivity index (χ1n) is 5.77. The zero-order valence-corrected chi connectivity index (χ0v) is 8.80. The molecule has 2 aromatic rings. The van der Waals surface area contributed by atoms with E-state index in [1.165, 1.54) is 0 Å². The fourth-order valence-electron chi connectivity index (χ4n) is 3.13. The minimum absolute atomic E-state index is 0.201. The standard InChI is InChI=1S/C13H12N2O/c16-11-6-7-5-8(11)13-12(7)14-9-3-1-2-4-10(9)15-13/h1-4,7-8,11,16H,5-6H2/t7-,8+,11+/m0/s1. The van der Waals surface area contributed by atoms with E-state index < -0.39 is 0 Å². The highest BCUT2D eigenvalue weighted by Gasteiger charge is 2.45. The average molecular weight is 212 g/mol. The Balaban J connectivity index is 2.01. The number of aliphatic hydroxyl groups excluding tert-OH is 1. The fourth-order valence-corrected chi connectivity index (χ4v) is 3.13. The van der Waals surface area contributed by atoms with E-state index in [1.54, 1.807) is 0 Å². The van der Waals surface area contributed by atoms with Gasteiger partial charge in [-0.3, -0.25) is 0 Å². The van der Waals surface area contributed by atoms with E-state index in [9.17, 15) is 5.11 Å². The van der Waals surface area contributed by atoms with E-state index >= 15 is 0 Å². The zero-order chi connectivity index (χ0) is 10.7. The Kier molecular flexibility index (Phi) is 1.51. The van der Waals surface area contributed by atoms with Gasteiger partial charge in [0, 0.05) is 11.8 Å². The summed E-state index contributed by atoms with van der Waals surface area (Å²) in [5.41, 5.74) is 4.10. The molecular formula is C13H12N2O. The minimum atomic E-state index is -0.201. The molecule has 2 bridgehead atoms. The largest absolute Gasteiger partial charge is 0.392 e. The maximum absolute atomic E-state index is 9.87. The highest BCUT2D eigenvalue weighted by atomic mass is 16.3. The van der Waals surface area contributed by atoms with Gasteiger partial charge in [-0.25, -0.2) is 9.97 Å². The normalized spacial score (nSPS) is 30.9. The molecule has 1 aromatic carbocycles. The second-order valence-corrected chi connectivity index (χ2v) is 4.82. The lowest BCUT2D eigenvalue weighted by atomic mass is 9.97. The van der Waals surface area contributed by atoms with Crippen molar-refractivity contribution in [3.05, 3.63) is 35.7 Å². The summed E-state index contributed by atoms with van der Waals surface area (Å²) in [5, 5.41) is 9.87. The smallest absolute Gasteiger partial charge is 0.0890 e. The molecule has 0 aliphatic heterocycles. The first kappa shape index (κ1) is 8.65. The van der Waals surface area contributed by atoms with Crippen LogP contribution in [0.4, 0.5) is 0 Å². The number of hydrogen-bond donors (Lipinski definition) is 1. The number of rotatable bonds is 0. The number of hydrogen-bond acceptors (Lipinski definition) is 3. The molecule has 0 radical (unpaired) electrons. The van der Waals surface area contributed by atoms with Crippen LogP contribution in [0, 0.1) is 0 Å². The number of nitrogens with zero attached hydrogens (tertiary/aromatic N) is 2. The molecule has 1 N–H and O–H groups in total. The minimum Gasteiger partial charge on any atom is -0.392 e. The molecule has 0 saturated heterocycles. The molecular weight excluding hydrogens is 200 g/mol. The van der Waals surface area contributed by atoms with Gasteiger partial charge in [-0.2, -0.15) is 0 Å². The van der Waals surface area contributed by atoms with Crippen molar-refractivity contribution in [1.29, 1.82) is 0 Å². The van der Waals surface area contributed by atoms with E-state index in [1.807, 2.05) is 24.3 Å². The summed E-state index contributed by atoms with van der Waals surface area (Å²) in [7, 11) is 0. The number of aliphatic hydroxyl groups is 1. The van der Waals surface area contributed by atoms with Gasteiger partial charge >= 0.3 is 0 Å². The van der Waals surface area contributed by atoms with Crippen LogP contribution in [0.5, 0.6) is 0 Å². The zero-order valence-electron chi connectivity index (χ0n) is 8.80. The van der Waals surface area contributed by atoms with Crippen LogP contribution in [0.1, 0.15) is 36.1 Å². The molecule has 3 nitrogen and oxygen atoms in total. The van der Waals surface area contributed by atoms with Gasteiger partial charge in [0.15, 0.2) is 0 Å². The summed E-state index contributed by atoms with van der Waals surface area (Å²) in [4.78, 5) is 9.37. The highest BCUT2D eigenvalue weighted by Crippen LogP contribution is 2.51. The first-order chi connectivity index (χ1) is 7.83. The van der Waals surface area contributed by atoms with Gasteiger partial charge in [0.05, 0.1) is 28.5 Å². The predicted molar refractivity (Wildman–Crippen MR) is 60.3 cm³/mol. The van der Waals surface area contributed by atoms with Gasteiger partial charge in [0.25, 0.3) is 0 Å². The van der Waals surface area contributed by atoms with E-state index in [0.29, 0.717) is 5.92 Å². The van der Waals surface area contributed by atoms with Crippen molar-refractivity contribution in [3.63, 3.8) is 0 Å². The molecule has 2 aliphatic carbocycles. The molecule has 1 aromatic heterocycles. The topological polar surface area (TPSA) is 46.0 Å². The van der Waals surface area contributed by atoms with Crippen molar-refractivity contribution in [2.75, 3.05) is 0 Å². The fraction of sp³-hybridized carbons (Fsp3) is 0.385. The van der Waals surface area contributed by atoms with Crippen molar-refractivity contribution in [2.24, 2.45) is 0 Å². The number of benzene rings is 1. The van der Waals surface area contributed by atoms with Crippen molar-refractivity contribution >= 4 is 11.0 Å². The van der Waals surface area contributed by atoms with Gasteiger partial charge < -0.3 is 5.11 Å². The summed E-state index contributed by atoms with van der Waals surface area (Å²) in [6, 6.07) is 7.96. The van der Waals surface area contributed by atoms with Crippen molar-refractivity contribution < 1.29 is 5.11 Å². The molecule has 0 amide bonds. The lowest BCUT2D eigenvalue weighted by molar-refractivity contribution is 0.156. The summed E-state index contributed by atoms with van der Waals surface area (Å²) >= 11 is 0. The molecule has 0 unspecified atom stereocenters. The molecule has 3 atom stereocenters. The van der Waals surface area contributed by atoms with Gasteiger partial charge in [-0.1, -0.05) is 12.1 Å². The van der Waals surface area contributed by atoms with Crippen LogP contribution in [0.2, 0.25) is 0 Å². The summed E-state index contributed by atoms with van der Waals surface area (Å²) in [5.74, 6) is 0.671. The molecule has 16 heavy (non-hydrogen) atoms. The summed E-state index contributed by atoms with van der Waals surface area (Å²) in [6.07, 6.45) is 1.70. The maximum Gasteiger partial charge on any atom is 0.0890 e. The van der Waals surface area contributed by atoms with Gasteiger partial charge in [-0.15, -0.1) is 0 Å². The lowest BCUT2D eigenvalue weighted by Gasteiger charge is -2.18. The van der Waals surface area contributed by atoms with Gasteiger partial charge in [0.1, 0.15) is 0 Å². The van der Waals surface area contributed by atoms with Crippen LogP contribution in [0.3, 0.4) is 0 Å². The average Bonchev–Trinajstić information content (AvgIpc) is 2.84. The van der Waals surface area contributed by atoms with Crippen LogP contribution in [-0.2, 0) is 0 Å². The SMILES string of the molecule is O[C@@H]1C[C@@H]2C[C@H]1c1nc3ccccc3nc12. The highest BCUT2D eigenvalue weighted by molar-refractivity contribution is 5.74. The number of fused-ring (bicyclic) bond motifs is 6. The third-order valence-corrected chi connectivity index (χ3v) is 3.89. The van der Waals surface area contributed by atoms with E-state index in [-0.39, 0.29) is 12.0 Å². The van der Waals surface area contributed by atoms with Gasteiger partial charge in [0.2, 0.25) is 0 Å². The second kappa shape index (κ2) is 2.80. The Hall–Kier alpha value is -1.48. The van der Waals surface area contributed by atoms with E-state index in [0.717, 1.165) is 35.3 Å². The Morgan fingerprint density at radius 3 is 2.44 bits per heavy atom. The summed E-state index contributed by atoms with van der Waals surface area (Å²) in [6.45, 7) is 0. The molecule has 2 aliphatic rings. The maximum atomic E-state index is 9.87. The Bertz CT molecular complexity index is 581. The van der Waals surface area contributed by atoms with Crippen LogP contribution in [0.25, 0.3) is 11.0 Å². The van der Waals surface area contributed by atoms with E-state index in [2.05, 4.69) is 4.98 Å². The Morgan fingerprint density at radius 2 is 1.69 bits per heavy atom. The quantitative estimate of drug-likeness (QED) is 0.726. The third-order valence-electron chi connectivity index (χ3n) is 3.89. The van der Waals surface area contributed by atoms with Crippen LogP contribution in [-0.4, -0.2) is 21.2 Å². The first-order valence-corrected chi connectivity index (χ1v) is 5.77. The summed E-state index contributed by atoms with van der Waals surface area (Å²) < 4.78 is 0. The Labute approximate surface area is 93.2 Å². The van der Waals surface area contributed by atoms with Crippen molar-refractivity contribution in [2.45, 2.75) is 30.8 Å². The second-order valence-electron chi connectivity index (χ2n) is 4.82. The Morgan fingerprint density at radius 1 is 1.00 bits per heavy atom. The third kappa shape index (κ3) is 0.964. The molecule has 3 heteroatoms. The van der Waals surface area contributed by atoms with Crippen molar-refractivity contribution in [3.8, 4) is 0 Å². The molecule has 1 saturated carbocycles.